The maximum atomic E-state index is 13.0. The van der Waals surface area contributed by atoms with Crippen LogP contribution < -0.4 is 20.3 Å². The quantitative estimate of drug-likeness (QED) is 0.449. The minimum absolute atomic E-state index is 0.0584. The molecule has 0 saturated heterocycles. The molecule has 0 saturated carbocycles. The second kappa shape index (κ2) is 9.33. The highest BCUT2D eigenvalue weighted by atomic mass is 32.1. The summed E-state index contributed by atoms with van der Waals surface area (Å²) < 4.78 is 13.9. The first-order valence-corrected chi connectivity index (χ1v) is 11.1. The number of amides is 1. The average Bonchev–Trinajstić information content (AvgIpc) is 3.37. The predicted octanol–water partition coefficient (Wildman–Crippen LogP) is 3.81. The molecule has 0 atom stereocenters. The van der Waals surface area contributed by atoms with Crippen LogP contribution in [0.3, 0.4) is 0 Å². The normalized spacial score (nSPS) is 10.8. The van der Waals surface area contributed by atoms with Crippen LogP contribution in [0.15, 0.2) is 58.7 Å². The van der Waals surface area contributed by atoms with E-state index < -0.39 is 0 Å². The third-order valence-corrected chi connectivity index (χ3v) is 6.28. The van der Waals surface area contributed by atoms with Crippen molar-refractivity contribution in [3.8, 4) is 27.8 Å². The summed E-state index contributed by atoms with van der Waals surface area (Å²) in [5.41, 5.74) is 2.88. The van der Waals surface area contributed by atoms with Crippen molar-refractivity contribution < 1.29 is 14.3 Å². The van der Waals surface area contributed by atoms with Gasteiger partial charge in [-0.25, -0.2) is 9.67 Å². The maximum Gasteiger partial charge on any atom is 0.295 e. The van der Waals surface area contributed by atoms with Gasteiger partial charge in [0.25, 0.3) is 5.56 Å². The molecule has 1 amide bonds. The zero-order valence-corrected chi connectivity index (χ0v) is 19.6. The Bertz CT molecular complexity index is 1350. The van der Waals surface area contributed by atoms with Crippen molar-refractivity contribution in [2.24, 2.45) is 7.05 Å². The zero-order chi connectivity index (χ0) is 23.5. The van der Waals surface area contributed by atoms with Crippen LogP contribution in [-0.4, -0.2) is 34.5 Å². The molecule has 9 heteroatoms. The Morgan fingerprint density at radius 3 is 2.52 bits per heavy atom. The Kier molecular flexibility index (Phi) is 6.32. The average molecular weight is 465 g/mol. The molecule has 4 rings (SSSR count). The number of aromatic nitrogens is 3. The number of thiazole rings is 1. The largest absolute Gasteiger partial charge is 0.493 e. The number of ether oxygens (including phenoxy) is 2. The number of hydrogen-bond donors (Lipinski definition) is 1. The molecule has 0 bridgehead atoms. The van der Waals surface area contributed by atoms with Crippen molar-refractivity contribution in [3.05, 3.63) is 75.7 Å². The molecule has 2 heterocycles. The zero-order valence-electron chi connectivity index (χ0n) is 18.8. The highest BCUT2D eigenvalue weighted by Crippen LogP contribution is 2.33. The molecule has 1 N–H and O–H groups in total. The Hall–Kier alpha value is -3.85. The number of hydrogen-bond acceptors (Lipinski definition) is 6. The first-order chi connectivity index (χ1) is 15.9. The number of benzene rings is 2. The second-order valence-electron chi connectivity index (χ2n) is 7.38. The van der Waals surface area contributed by atoms with E-state index in [1.807, 2.05) is 53.9 Å². The molecule has 0 unspecified atom stereocenters. The molecule has 0 spiro atoms. The first-order valence-electron chi connectivity index (χ1n) is 10.2. The topological polar surface area (TPSA) is 87.4 Å². The van der Waals surface area contributed by atoms with Crippen molar-refractivity contribution in [3.63, 3.8) is 0 Å². The van der Waals surface area contributed by atoms with E-state index in [1.54, 1.807) is 32.9 Å². The third kappa shape index (κ3) is 4.40. The number of anilines is 1. The van der Waals surface area contributed by atoms with E-state index in [0.717, 1.165) is 16.3 Å². The standard InChI is InChI=1S/C24H24N4O4S/c1-15-22(24(30)28(27(15)2)18-8-6-5-7-9-18)26-21(29)13-17-14-33-23(25-17)16-10-11-19(31-3)20(12-16)32-4/h5-12,14H,13H2,1-4H3,(H,26,29). The van der Waals surface area contributed by atoms with Gasteiger partial charge in [-0.15, -0.1) is 11.3 Å². The SMILES string of the molecule is COc1ccc(-c2nc(CC(=O)Nc3c(C)n(C)n(-c4ccccc4)c3=O)cs2)cc1OC. The summed E-state index contributed by atoms with van der Waals surface area (Å²) in [5, 5.41) is 5.38. The first kappa shape index (κ1) is 22.3. The lowest BCUT2D eigenvalue weighted by Crippen LogP contribution is -2.23. The summed E-state index contributed by atoms with van der Waals surface area (Å²) in [5.74, 6) is 0.945. The highest BCUT2D eigenvalue weighted by molar-refractivity contribution is 7.13. The molecular weight excluding hydrogens is 440 g/mol. The van der Waals surface area contributed by atoms with E-state index in [0.29, 0.717) is 22.9 Å². The van der Waals surface area contributed by atoms with Gasteiger partial charge in [0.05, 0.1) is 37.7 Å². The van der Waals surface area contributed by atoms with E-state index in [1.165, 1.54) is 16.0 Å². The van der Waals surface area contributed by atoms with Crippen LogP contribution >= 0.6 is 11.3 Å². The van der Waals surface area contributed by atoms with Crippen LogP contribution in [-0.2, 0) is 18.3 Å². The van der Waals surface area contributed by atoms with Gasteiger partial charge in [-0.05, 0) is 37.3 Å². The predicted molar refractivity (Wildman–Crippen MR) is 129 cm³/mol. The minimum atomic E-state index is -0.301. The number of nitrogens with zero attached hydrogens (tertiary/aromatic N) is 3. The molecule has 2 aromatic heterocycles. The Morgan fingerprint density at radius 2 is 1.82 bits per heavy atom. The molecule has 170 valence electrons. The summed E-state index contributed by atoms with van der Waals surface area (Å²) in [6.45, 7) is 1.80. The molecular formula is C24H24N4O4S. The number of rotatable bonds is 7. The van der Waals surface area contributed by atoms with Crippen molar-refractivity contribution in [2.45, 2.75) is 13.3 Å². The van der Waals surface area contributed by atoms with Gasteiger partial charge in [0.15, 0.2) is 11.5 Å². The van der Waals surface area contributed by atoms with Gasteiger partial charge < -0.3 is 14.8 Å². The molecule has 2 aromatic carbocycles. The van der Waals surface area contributed by atoms with E-state index in [-0.39, 0.29) is 23.6 Å². The van der Waals surface area contributed by atoms with Crippen molar-refractivity contribution in [1.82, 2.24) is 14.3 Å². The van der Waals surface area contributed by atoms with Gasteiger partial charge >= 0.3 is 0 Å². The summed E-state index contributed by atoms with van der Waals surface area (Å²) in [4.78, 5) is 30.3. The van der Waals surface area contributed by atoms with Crippen LogP contribution in [0.25, 0.3) is 16.3 Å². The van der Waals surface area contributed by atoms with Crippen molar-refractivity contribution in [2.75, 3.05) is 19.5 Å². The van der Waals surface area contributed by atoms with E-state index in [4.69, 9.17) is 9.47 Å². The van der Waals surface area contributed by atoms with E-state index in [2.05, 4.69) is 10.3 Å². The Labute approximate surface area is 195 Å². The summed E-state index contributed by atoms with van der Waals surface area (Å²) in [6.07, 6.45) is 0.0584. The number of carbonyl (C=O) groups is 1. The van der Waals surface area contributed by atoms with Crippen LogP contribution in [0, 0.1) is 6.92 Å². The van der Waals surface area contributed by atoms with Crippen LogP contribution in [0.4, 0.5) is 5.69 Å². The lowest BCUT2D eigenvalue weighted by molar-refractivity contribution is -0.115. The molecule has 0 radical (unpaired) electrons. The Morgan fingerprint density at radius 1 is 1.09 bits per heavy atom. The maximum absolute atomic E-state index is 13.0. The number of methoxy groups -OCH3 is 2. The number of nitrogens with one attached hydrogen (secondary N) is 1. The molecule has 0 fully saturated rings. The van der Waals surface area contributed by atoms with Crippen molar-refractivity contribution >= 4 is 22.9 Å². The van der Waals surface area contributed by atoms with Gasteiger partial charge in [-0.3, -0.25) is 14.3 Å². The molecule has 0 aliphatic carbocycles. The molecule has 0 aliphatic rings. The second-order valence-corrected chi connectivity index (χ2v) is 8.23. The van der Waals surface area contributed by atoms with Gasteiger partial charge in [0.1, 0.15) is 10.7 Å². The summed E-state index contributed by atoms with van der Waals surface area (Å²) in [6, 6.07) is 14.9. The fourth-order valence-corrected chi connectivity index (χ4v) is 4.37. The van der Waals surface area contributed by atoms with Gasteiger partial charge in [-0.2, -0.15) is 0 Å². The van der Waals surface area contributed by atoms with E-state index in [9.17, 15) is 9.59 Å². The molecule has 8 nitrogen and oxygen atoms in total. The number of para-hydroxylation sites is 1. The smallest absolute Gasteiger partial charge is 0.295 e. The van der Waals surface area contributed by atoms with Crippen LogP contribution in [0.1, 0.15) is 11.4 Å². The lowest BCUT2D eigenvalue weighted by Gasteiger charge is -2.08. The van der Waals surface area contributed by atoms with Gasteiger partial charge in [0, 0.05) is 18.0 Å². The van der Waals surface area contributed by atoms with Crippen LogP contribution in [0.2, 0.25) is 0 Å². The summed E-state index contributed by atoms with van der Waals surface area (Å²) >= 11 is 1.44. The fraction of sp³-hybridized carbons (Fsp3) is 0.208. The molecule has 0 aliphatic heterocycles. The Balaban J connectivity index is 1.52. The highest BCUT2D eigenvalue weighted by Gasteiger charge is 2.19. The third-order valence-electron chi connectivity index (χ3n) is 5.34. The van der Waals surface area contributed by atoms with Gasteiger partial charge in [-0.1, -0.05) is 18.2 Å². The van der Waals surface area contributed by atoms with Crippen LogP contribution in [0.5, 0.6) is 11.5 Å². The summed E-state index contributed by atoms with van der Waals surface area (Å²) in [7, 11) is 4.95. The van der Waals surface area contributed by atoms with E-state index >= 15 is 0 Å². The number of carbonyl (C=O) groups excluding carboxylic acids is 1. The van der Waals surface area contributed by atoms with Gasteiger partial charge in [0.2, 0.25) is 5.91 Å². The minimum Gasteiger partial charge on any atom is -0.493 e. The monoisotopic (exact) mass is 464 g/mol. The lowest BCUT2D eigenvalue weighted by atomic mass is 10.2. The molecule has 4 aromatic rings. The fourth-order valence-electron chi connectivity index (χ4n) is 3.55. The van der Waals surface area contributed by atoms with Crippen molar-refractivity contribution in [1.29, 1.82) is 0 Å². The molecule has 33 heavy (non-hydrogen) atoms.